The Bertz CT molecular complexity index is 1080. The molecule has 1 atom stereocenters. The summed E-state index contributed by atoms with van der Waals surface area (Å²) in [5, 5.41) is 22.2. The van der Waals surface area contributed by atoms with Crippen LogP contribution in [-0.4, -0.2) is 43.0 Å². The average Bonchev–Trinajstić information content (AvgIpc) is 3.04. The third kappa shape index (κ3) is 5.65. The molecule has 8 heteroatoms. The average molecular weight is 446 g/mol. The van der Waals surface area contributed by atoms with Gasteiger partial charge in [0.1, 0.15) is 23.1 Å². The third-order valence-electron chi connectivity index (χ3n) is 5.75. The van der Waals surface area contributed by atoms with Crippen LogP contribution < -0.4 is 5.32 Å². The first kappa shape index (κ1) is 22.3. The number of nitrogens with zero attached hydrogens (tertiary/aromatic N) is 4. The van der Waals surface area contributed by atoms with E-state index in [1.807, 2.05) is 24.3 Å². The molecule has 2 heterocycles. The quantitative estimate of drug-likeness (QED) is 0.488. The zero-order valence-electron chi connectivity index (χ0n) is 18.5. The molecular weight excluding hydrogens is 418 g/mol. The molecule has 1 saturated heterocycles. The first-order chi connectivity index (χ1) is 15.9. The van der Waals surface area contributed by atoms with Crippen LogP contribution in [0.4, 0.5) is 5.95 Å². The van der Waals surface area contributed by atoms with Gasteiger partial charge in [-0.3, -0.25) is 4.79 Å². The minimum Gasteiger partial charge on any atom is -0.508 e. The zero-order chi connectivity index (χ0) is 23.4. The van der Waals surface area contributed by atoms with Crippen molar-refractivity contribution in [2.75, 3.05) is 12.4 Å². The number of allylic oxidation sites excluding steroid dienone is 1. The Balaban J connectivity index is 1.52. The second-order valence-corrected chi connectivity index (χ2v) is 8.25. The Morgan fingerprint density at radius 1 is 0.939 bits per heavy atom. The van der Waals surface area contributed by atoms with Crippen LogP contribution in [0.3, 0.4) is 0 Å². The van der Waals surface area contributed by atoms with E-state index >= 15 is 0 Å². The standard InChI is InChI=1S/C25H27N5O3/c1-16-13-19(24(33)30(16)2)14-23-27-22(12-7-17-3-8-20(31)9-4-17)28-25(29-23)26-15-18-5-10-21(32)11-6-18/h3-6,8-11,19,31-32H,1,7,12-15H2,2H3,(H,26,27,28,29). The fourth-order valence-corrected chi connectivity index (χ4v) is 3.78. The Morgan fingerprint density at radius 3 is 2.15 bits per heavy atom. The monoisotopic (exact) mass is 445 g/mol. The minimum atomic E-state index is -0.222. The Labute approximate surface area is 192 Å². The van der Waals surface area contributed by atoms with E-state index in [9.17, 15) is 15.0 Å². The van der Waals surface area contributed by atoms with Crippen molar-refractivity contribution in [2.45, 2.75) is 32.2 Å². The summed E-state index contributed by atoms with van der Waals surface area (Å²) in [6.45, 7) is 4.44. The largest absolute Gasteiger partial charge is 0.508 e. The number of hydrogen-bond acceptors (Lipinski definition) is 7. The third-order valence-corrected chi connectivity index (χ3v) is 5.75. The van der Waals surface area contributed by atoms with Gasteiger partial charge in [-0.15, -0.1) is 0 Å². The second-order valence-electron chi connectivity index (χ2n) is 8.25. The summed E-state index contributed by atoms with van der Waals surface area (Å²) in [7, 11) is 1.74. The van der Waals surface area contributed by atoms with Crippen LogP contribution in [0.5, 0.6) is 11.5 Å². The maximum absolute atomic E-state index is 12.5. The number of phenols is 2. The number of rotatable bonds is 8. The van der Waals surface area contributed by atoms with E-state index in [4.69, 9.17) is 0 Å². The molecule has 1 aliphatic heterocycles. The normalized spacial score (nSPS) is 15.8. The molecule has 0 bridgehead atoms. The fourth-order valence-electron chi connectivity index (χ4n) is 3.78. The molecule has 0 aliphatic carbocycles. The summed E-state index contributed by atoms with van der Waals surface area (Å²) >= 11 is 0. The van der Waals surface area contributed by atoms with Gasteiger partial charge in [0.15, 0.2) is 0 Å². The number of benzene rings is 2. The van der Waals surface area contributed by atoms with Gasteiger partial charge in [0, 0.05) is 32.1 Å². The van der Waals surface area contributed by atoms with E-state index in [2.05, 4.69) is 26.8 Å². The molecule has 3 N–H and O–H groups in total. The number of carbonyl (C=O) groups excluding carboxylic acids is 1. The minimum absolute atomic E-state index is 0.0321. The molecule has 33 heavy (non-hydrogen) atoms. The lowest BCUT2D eigenvalue weighted by Crippen LogP contribution is -2.23. The number of nitrogens with one attached hydrogen (secondary N) is 1. The highest BCUT2D eigenvalue weighted by molar-refractivity contribution is 5.83. The van der Waals surface area contributed by atoms with E-state index in [1.165, 1.54) is 0 Å². The number of aromatic nitrogens is 3. The number of carbonyl (C=O) groups is 1. The van der Waals surface area contributed by atoms with Crippen LogP contribution >= 0.6 is 0 Å². The number of hydrogen-bond donors (Lipinski definition) is 3. The van der Waals surface area contributed by atoms with Crippen molar-refractivity contribution in [1.29, 1.82) is 0 Å². The molecule has 1 unspecified atom stereocenters. The maximum atomic E-state index is 12.5. The molecule has 8 nitrogen and oxygen atoms in total. The van der Waals surface area contributed by atoms with Gasteiger partial charge in [-0.25, -0.2) is 4.98 Å². The van der Waals surface area contributed by atoms with E-state index < -0.39 is 0 Å². The Hall–Kier alpha value is -3.94. The van der Waals surface area contributed by atoms with Crippen LogP contribution in [0.1, 0.15) is 29.2 Å². The smallest absolute Gasteiger partial charge is 0.230 e. The van der Waals surface area contributed by atoms with Gasteiger partial charge in [-0.05, 0) is 48.2 Å². The van der Waals surface area contributed by atoms with Crippen molar-refractivity contribution in [1.82, 2.24) is 19.9 Å². The number of aryl methyl sites for hydroxylation is 2. The van der Waals surface area contributed by atoms with Crippen LogP contribution in [0.25, 0.3) is 0 Å². The van der Waals surface area contributed by atoms with Crippen LogP contribution in [-0.2, 0) is 30.6 Å². The number of amides is 1. The topological polar surface area (TPSA) is 111 Å². The molecule has 1 aliphatic rings. The highest BCUT2D eigenvalue weighted by Gasteiger charge is 2.33. The van der Waals surface area contributed by atoms with Gasteiger partial charge < -0.3 is 20.4 Å². The van der Waals surface area contributed by atoms with Crippen molar-refractivity contribution in [3.8, 4) is 11.5 Å². The molecule has 170 valence electrons. The number of aromatic hydroxyl groups is 2. The predicted octanol–water partition coefficient (Wildman–Crippen LogP) is 3.21. The summed E-state index contributed by atoms with van der Waals surface area (Å²) < 4.78 is 0. The molecule has 0 spiro atoms. The van der Waals surface area contributed by atoms with Crippen molar-refractivity contribution < 1.29 is 15.0 Å². The van der Waals surface area contributed by atoms with Crippen molar-refractivity contribution in [2.24, 2.45) is 5.92 Å². The molecule has 3 aromatic rings. The Kier molecular flexibility index (Phi) is 6.53. The van der Waals surface area contributed by atoms with E-state index in [-0.39, 0.29) is 23.3 Å². The summed E-state index contributed by atoms with van der Waals surface area (Å²) in [6, 6.07) is 14.0. The number of anilines is 1. The van der Waals surface area contributed by atoms with Gasteiger partial charge in [-0.2, -0.15) is 9.97 Å². The van der Waals surface area contributed by atoms with Gasteiger partial charge in [0.2, 0.25) is 11.9 Å². The molecule has 0 radical (unpaired) electrons. The summed E-state index contributed by atoms with van der Waals surface area (Å²) in [4.78, 5) is 27.9. The molecular formula is C25H27N5O3. The first-order valence-electron chi connectivity index (χ1n) is 10.9. The summed E-state index contributed by atoms with van der Waals surface area (Å²) in [5.41, 5.74) is 2.85. The molecule has 1 amide bonds. The number of phenolic OH excluding ortho intramolecular Hbond substituents is 2. The highest BCUT2D eigenvalue weighted by atomic mass is 16.3. The lowest BCUT2D eigenvalue weighted by molar-refractivity contribution is -0.129. The van der Waals surface area contributed by atoms with Gasteiger partial charge in [-0.1, -0.05) is 30.8 Å². The lowest BCUT2D eigenvalue weighted by atomic mass is 10.0. The van der Waals surface area contributed by atoms with Gasteiger partial charge in [0.05, 0.1) is 5.92 Å². The Morgan fingerprint density at radius 2 is 1.55 bits per heavy atom. The van der Waals surface area contributed by atoms with Crippen LogP contribution in [0.2, 0.25) is 0 Å². The van der Waals surface area contributed by atoms with Gasteiger partial charge in [0.25, 0.3) is 0 Å². The SMILES string of the molecule is C=C1CC(Cc2nc(CCc3ccc(O)cc3)nc(NCc3ccc(O)cc3)n2)C(=O)N1C. The number of likely N-dealkylation sites (tertiary alicyclic amines) is 1. The summed E-state index contributed by atoms with van der Waals surface area (Å²) in [6.07, 6.45) is 2.33. The van der Waals surface area contributed by atoms with Crippen LogP contribution in [0, 0.1) is 5.92 Å². The summed E-state index contributed by atoms with van der Waals surface area (Å²) in [5.74, 6) is 1.91. The van der Waals surface area contributed by atoms with Gasteiger partial charge >= 0.3 is 0 Å². The van der Waals surface area contributed by atoms with Crippen molar-refractivity contribution in [3.63, 3.8) is 0 Å². The fraction of sp³-hybridized carbons (Fsp3) is 0.280. The van der Waals surface area contributed by atoms with Crippen LogP contribution in [0.15, 0.2) is 60.8 Å². The lowest BCUT2D eigenvalue weighted by Gasteiger charge is -2.12. The van der Waals surface area contributed by atoms with E-state index in [0.29, 0.717) is 49.8 Å². The molecule has 0 saturated carbocycles. The van der Waals surface area contributed by atoms with Crippen molar-refractivity contribution in [3.05, 3.63) is 83.6 Å². The first-order valence-corrected chi connectivity index (χ1v) is 10.9. The van der Waals surface area contributed by atoms with E-state index in [1.54, 1.807) is 36.2 Å². The highest BCUT2D eigenvalue weighted by Crippen LogP contribution is 2.27. The second kappa shape index (κ2) is 9.68. The van der Waals surface area contributed by atoms with E-state index in [0.717, 1.165) is 16.8 Å². The molecule has 1 aromatic heterocycles. The molecule has 4 rings (SSSR count). The van der Waals surface area contributed by atoms with Crippen molar-refractivity contribution >= 4 is 11.9 Å². The molecule has 2 aromatic carbocycles. The predicted molar refractivity (Wildman–Crippen MR) is 124 cm³/mol. The zero-order valence-corrected chi connectivity index (χ0v) is 18.5. The molecule has 1 fully saturated rings. The maximum Gasteiger partial charge on any atom is 0.230 e.